The van der Waals surface area contributed by atoms with Gasteiger partial charge in [0.05, 0.1) is 15.7 Å². The lowest BCUT2D eigenvalue weighted by atomic mass is 9.89. The molecule has 1 aliphatic rings. The fraction of sp³-hybridized carbons (Fsp3) is 0.458. The fourth-order valence-corrected chi connectivity index (χ4v) is 4.86. The monoisotopic (exact) mass is 512 g/mol. The summed E-state index contributed by atoms with van der Waals surface area (Å²) >= 11 is 10.1. The number of hydrogen-bond acceptors (Lipinski definition) is 3. The SMILES string of the molecule is CC(C)(C)OC(=O)N1CCC(c2ccc(N(CCc3cccc(Cl)c3Cl)S(=O)O)cc2)CC1. The molecular weight excluding hydrogens is 483 g/mol. The molecule has 1 atom stereocenters. The van der Waals surface area contributed by atoms with Crippen LogP contribution in [0, 0.1) is 0 Å². The molecule has 1 heterocycles. The van der Waals surface area contributed by atoms with Crippen molar-refractivity contribution >= 4 is 46.2 Å². The van der Waals surface area contributed by atoms with E-state index in [0.29, 0.717) is 47.7 Å². The summed E-state index contributed by atoms with van der Waals surface area (Å²) in [6, 6.07) is 13.1. The Kier molecular flexibility index (Phi) is 8.67. The highest BCUT2D eigenvalue weighted by atomic mass is 35.5. The van der Waals surface area contributed by atoms with Gasteiger partial charge in [-0.25, -0.2) is 9.00 Å². The van der Waals surface area contributed by atoms with Crippen LogP contribution in [0.15, 0.2) is 42.5 Å². The summed E-state index contributed by atoms with van der Waals surface area (Å²) in [5.74, 6) is 0.330. The van der Waals surface area contributed by atoms with Gasteiger partial charge in [0.25, 0.3) is 11.3 Å². The van der Waals surface area contributed by atoms with Gasteiger partial charge < -0.3 is 9.64 Å². The van der Waals surface area contributed by atoms with E-state index in [-0.39, 0.29) is 6.09 Å². The molecule has 1 saturated heterocycles. The van der Waals surface area contributed by atoms with Crippen LogP contribution >= 0.6 is 23.2 Å². The van der Waals surface area contributed by atoms with E-state index in [2.05, 4.69) is 0 Å². The van der Waals surface area contributed by atoms with E-state index in [4.69, 9.17) is 27.9 Å². The van der Waals surface area contributed by atoms with E-state index in [1.807, 2.05) is 57.2 Å². The Morgan fingerprint density at radius 2 is 1.79 bits per heavy atom. The lowest BCUT2D eigenvalue weighted by Gasteiger charge is -2.33. The van der Waals surface area contributed by atoms with Crippen LogP contribution < -0.4 is 4.31 Å². The number of amides is 1. The maximum atomic E-state index is 12.3. The molecule has 1 N–H and O–H groups in total. The number of carbonyl (C=O) groups excluding carboxylic acids is 1. The third-order valence-corrected chi connectivity index (χ3v) is 7.23. The summed E-state index contributed by atoms with van der Waals surface area (Å²) in [7, 11) is 0. The molecule has 1 amide bonds. The molecule has 6 nitrogen and oxygen atoms in total. The smallest absolute Gasteiger partial charge is 0.410 e. The molecule has 0 aliphatic carbocycles. The van der Waals surface area contributed by atoms with Gasteiger partial charge in [0, 0.05) is 19.6 Å². The summed E-state index contributed by atoms with van der Waals surface area (Å²) in [6.07, 6.45) is 1.91. The minimum absolute atomic E-state index is 0.267. The van der Waals surface area contributed by atoms with Crippen LogP contribution in [-0.2, 0) is 22.4 Å². The Bertz CT molecular complexity index is 987. The second kappa shape index (κ2) is 11.1. The van der Waals surface area contributed by atoms with Crippen LogP contribution in [0.4, 0.5) is 10.5 Å². The number of piperidine rings is 1. The van der Waals surface area contributed by atoms with Crippen molar-refractivity contribution in [1.29, 1.82) is 0 Å². The van der Waals surface area contributed by atoms with Crippen LogP contribution in [-0.4, -0.2) is 45.0 Å². The molecule has 0 bridgehead atoms. The molecule has 0 radical (unpaired) electrons. The molecule has 3 rings (SSSR count). The Morgan fingerprint density at radius 1 is 1.15 bits per heavy atom. The number of halogens is 2. The number of carbonyl (C=O) groups is 1. The quantitative estimate of drug-likeness (QED) is 0.461. The molecule has 180 valence electrons. The number of benzene rings is 2. The minimum atomic E-state index is -2.17. The van der Waals surface area contributed by atoms with E-state index in [9.17, 15) is 13.6 Å². The van der Waals surface area contributed by atoms with Crippen LogP contribution in [0.25, 0.3) is 0 Å². The molecule has 0 spiro atoms. The van der Waals surface area contributed by atoms with E-state index in [1.165, 1.54) is 4.31 Å². The standard InChI is InChI=1S/C24H30Cl2N2O4S/c1-24(2,3)32-23(29)27-14-11-18(12-15-27)17-7-9-20(10-8-17)28(33(30)31)16-13-19-5-4-6-21(25)22(19)26/h4-10,18H,11-16H2,1-3H3,(H,30,31). The molecule has 0 aromatic heterocycles. The predicted molar refractivity (Wildman–Crippen MR) is 135 cm³/mol. The van der Waals surface area contributed by atoms with Gasteiger partial charge in [-0.15, -0.1) is 0 Å². The summed E-state index contributed by atoms with van der Waals surface area (Å²) < 4.78 is 28.7. The first kappa shape index (κ1) is 25.8. The number of likely N-dealkylation sites (tertiary alicyclic amines) is 1. The van der Waals surface area contributed by atoms with E-state index >= 15 is 0 Å². The topological polar surface area (TPSA) is 70.1 Å². The highest BCUT2D eigenvalue weighted by Crippen LogP contribution is 2.31. The minimum Gasteiger partial charge on any atom is -0.444 e. The average Bonchev–Trinajstić information content (AvgIpc) is 2.76. The largest absolute Gasteiger partial charge is 0.444 e. The van der Waals surface area contributed by atoms with Gasteiger partial charge in [-0.3, -0.25) is 8.86 Å². The maximum Gasteiger partial charge on any atom is 0.410 e. The van der Waals surface area contributed by atoms with Crippen molar-refractivity contribution in [2.75, 3.05) is 23.9 Å². The van der Waals surface area contributed by atoms with Crippen molar-refractivity contribution < 1.29 is 18.3 Å². The lowest BCUT2D eigenvalue weighted by molar-refractivity contribution is 0.0205. The van der Waals surface area contributed by atoms with Crippen molar-refractivity contribution in [3.63, 3.8) is 0 Å². The van der Waals surface area contributed by atoms with Gasteiger partial charge in [0.15, 0.2) is 0 Å². The van der Waals surface area contributed by atoms with E-state index in [1.54, 1.807) is 11.0 Å². The first-order valence-electron chi connectivity index (χ1n) is 10.9. The normalized spacial score (nSPS) is 15.9. The van der Waals surface area contributed by atoms with Gasteiger partial charge in [0.1, 0.15) is 5.60 Å². The maximum absolute atomic E-state index is 12.3. The average molecular weight is 513 g/mol. The Labute approximate surface area is 208 Å². The molecule has 0 saturated carbocycles. The van der Waals surface area contributed by atoms with Crippen molar-refractivity contribution in [2.45, 2.75) is 51.6 Å². The van der Waals surface area contributed by atoms with Crippen LogP contribution in [0.2, 0.25) is 10.0 Å². The molecule has 1 unspecified atom stereocenters. The number of ether oxygens (including phenoxy) is 1. The van der Waals surface area contributed by atoms with Gasteiger partial charge in [-0.1, -0.05) is 47.5 Å². The highest BCUT2D eigenvalue weighted by Gasteiger charge is 2.27. The van der Waals surface area contributed by atoms with Crippen LogP contribution in [0.3, 0.4) is 0 Å². The summed E-state index contributed by atoms with van der Waals surface area (Å²) in [6.45, 7) is 7.21. The van der Waals surface area contributed by atoms with Crippen molar-refractivity contribution in [3.05, 3.63) is 63.6 Å². The third-order valence-electron chi connectivity index (χ3n) is 5.60. The predicted octanol–water partition coefficient (Wildman–Crippen LogP) is 6.29. The molecule has 9 heteroatoms. The highest BCUT2D eigenvalue weighted by molar-refractivity contribution is 7.80. The molecule has 1 aliphatic heterocycles. The first-order chi connectivity index (χ1) is 15.5. The Morgan fingerprint density at radius 3 is 2.36 bits per heavy atom. The number of anilines is 1. The zero-order valence-corrected chi connectivity index (χ0v) is 21.4. The van der Waals surface area contributed by atoms with Crippen molar-refractivity contribution in [1.82, 2.24) is 4.90 Å². The van der Waals surface area contributed by atoms with E-state index in [0.717, 1.165) is 24.0 Å². The Hall–Kier alpha value is -1.80. The zero-order valence-electron chi connectivity index (χ0n) is 19.1. The van der Waals surface area contributed by atoms with Crippen molar-refractivity contribution in [3.8, 4) is 0 Å². The van der Waals surface area contributed by atoms with Gasteiger partial charge in [-0.2, -0.15) is 0 Å². The van der Waals surface area contributed by atoms with Crippen LogP contribution in [0.5, 0.6) is 0 Å². The first-order valence-corrected chi connectivity index (χ1v) is 12.8. The zero-order chi connectivity index (χ0) is 24.2. The Balaban J connectivity index is 1.60. The number of hydrogen-bond donors (Lipinski definition) is 1. The van der Waals surface area contributed by atoms with Gasteiger partial charge >= 0.3 is 6.09 Å². The second-order valence-electron chi connectivity index (χ2n) is 9.13. The summed E-state index contributed by atoms with van der Waals surface area (Å²) in [5.41, 5.74) is 2.14. The molecule has 2 aromatic rings. The fourth-order valence-electron chi connectivity index (χ4n) is 3.90. The number of rotatable bonds is 6. The second-order valence-corrected chi connectivity index (χ2v) is 10.8. The van der Waals surface area contributed by atoms with Gasteiger partial charge in [0.2, 0.25) is 0 Å². The molecule has 33 heavy (non-hydrogen) atoms. The van der Waals surface area contributed by atoms with Gasteiger partial charge in [-0.05, 0) is 75.3 Å². The lowest BCUT2D eigenvalue weighted by Crippen LogP contribution is -2.41. The van der Waals surface area contributed by atoms with Crippen molar-refractivity contribution in [2.24, 2.45) is 0 Å². The third kappa shape index (κ3) is 7.09. The van der Waals surface area contributed by atoms with Crippen LogP contribution in [0.1, 0.15) is 50.7 Å². The molecular formula is C24H30Cl2N2O4S. The summed E-state index contributed by atoms with van der Waals surface area (Å²) in [5, 5.41) is 0.934. The summed E-state index contributed by atoms with van der Waals surface area (Å²) in [4.78, 5) is 14.0. The number of nitrogens with zero attached hydrogens (tertiary/aromatic N) is 2. The molecule has 2 aromatic carbocycles. The van der Waals surface area contributed by atoms with E-state index < -0.39 is 16.9 Å². The molecule has 1 fully saturated rings.